The van der Waals surface area contributed by atoms with E-state index in [1.54, 1.807) is 0 Å². The van der Waals surface area contributed by atoms with E-state index >= 15 is 0 Å². The fourth-order valence-corrected chi connectivity index (χ4v) is 14.3. The molecule has 0 spiro atoms. The highest BCUT2D eigenvalue weighted by atomic mass is 16.5. The van der Waals surface area contributed by atoms with Crippen molar-refractivity contribution in [1.82, 2.24) is 10.6 Å². The summed E-state index contributed by atoms with van der Waals surface area (Å²) in [7, 11) is 1.37. The summed E-state index contributed by atoms with van der Waals surface area (Å²) in [4.78, 5) is 52.4. The Morgan fingerprint density at radius 1 is 0.821 bits per heavy atom. The molecule has 0 aromatic heterocycles. The maximum absolute atomic E-state index is 14.5. The summed E-state index contributed by atoms with van der Waals surface area (Å²) in [6.07, 6.45) is 17.2. The maximum Gasteiger partial charge on any atom is 0.307 e. The highest BCUT2D eigenvalue weighted by molar-refractivity contribution is 5.85. The van der Waals surface area contributed by atoms with Crippen molar-refractivity contribution in [2.45, 2.75) is 163 Å². The number of unbranched alkanes of at least 4 members (excludes halogenated alkanes) is 5. The molecule has 7 heteroatoms. The van der Waals surface area contributed by atoms with Gasteiger partial charge in [0.1, 0.15) is 5.78 Å². The van der Waals surface area contributed by atoms with E-state index in [4.69, 9.17) is 4.74 Å². The van der Waals surface area contributed by atoms with Crippen LogP contribution >= 0.6 is 0 Å². The Hall–Kier alpha value is -2.96. The number of benzene rings is 1. The van der Waals surface area contributed by atoms with Crippen LogP contribution in [0, 0.1) is 56.7 Å². The number of allylic oxidation sites excluding steroid dienone is 1. The molecule has 0 radical (unpaired) electrons. The minimum atomic E-state index is -0.389. The lowest BCUT2D eigenvalue weighted by atomic mass is 9.32. The van der Waals surface area contributed by atoms with Gasteiger partial charge in [0.2, 0.25) is 11.8 Å². The number of Topliss-reactive ketones (excluding diaryl/α,β-unsaturated/α-hetero) is 1. The summed E-state index contributed by atoms with van der Waals surface area (Å²) in [6.45, 7) is 19.8. The summed E-state index contributed by atoms with van der Waals surface area (Å²) in [5, 5.41) is 6.52. The average Bonchev–Trinajstić information content (AvgIpc) is 3.57. The van der Waals surface area contributed by atoms with Crippen molar-refractivity contribution in [3.8, 4) is 0 Å². The Labute approximate surface area is 338 Å². The van der Waals surface area contributed by atoms with Gasteiger partial charge in [-0.3, -0.25) is 19.2 Å². The second kappa shape index (κ2) is 16.7. The zero-order valence-corrected chi connectivity index (χ0v) is 36.0. The Morgan fingerprint density at radius 2 is 1.52 bits per heavy atom. The van der Waals surface area contributed by atoms with Crippen LogP contribution in [0.5, 0.6) is 0 Å². The summed E-state index contributed by atoms with van der Waals surface area (Å²) < 4.78 is 4.85. The van der Waals surface area contributed by atoms with Crippen molar-refractivity contribution in [3.63, 3.8) is 0 Å². The molecule has 5 aliphatic rings. The number of methoxy groups -OCH3 is 1. The second-order valence-electron chi connectivity index (χ2n) is 20.4. The van der Waals surface area contributed by atoms with Crippen LogP contribution in [0.2, 0.25) is 0 Å². The van der Waals surface area contributed by atoms with E-state index in [2.05, 4.69) is 58.8 Å². The van der Waals surface area contributed by atoms with Crippen molar-refractivity contribution < 1.29 is 23.9 Å². The summed E-state index contributed by atoms with van der Waals surface area (Å²) in [5.74, 6) is 2.75. The first-order valence-electron chi connectivity index (χ1n) is 22.4. The molecule has 0 bridgehead atoms. The minimum Gasteiger partial charge on any atom is -0.469 e. The Bertz CT molecular complexity index is 1620. The minimum absolute atomic E-state index is 0.0401. The fourth-order valence-electron chi connectivity index (χ4n) is 14.3. The van der Waals surface area contributed by atoms with Gasteiger partial charge in [-0.2, -0.15) is 0 Å². The smallest absolute Gasteiger partial charge is 0.307 e. The van der Waals surface area contributed by atoms with E-state index in [1.165, 1.54) is 31.9 Å². The molecule has 1 unspecified atom stereocenters. The number of nitrogens with one attached hydrogen (secondary N) is 2. The van der Waals surface area contributed by atoms with Gasteiger partial charge in [-0.25, -0.2) is 0 Å². The van der Waals surface area contributed by atoms with Gasteiger partial charge in [-0.05, 0) is 129 Å². The van der Waals surface area contributed by atoms with Crippen LogP contribution in [0.25, 0.3) is 0 Å². The lowest BCUT2D eigenvalue weighted by Gasteiger charge is -2.72. The van der Waals surface area contributed by atoms with E-state index < -0.39 is 0 Å². The molecule has 56 heavy (non-hydrogen) atoms. The van der Waals surface area contributed by atoms with Crippen LogP contribution in [0.3, 0.4) is 0 Å². The molecule has 10 atom stereocenters. The second-order valence-corrected chi connectivity index (χ2v) is 20.4. The van der Waals surface area contributed by atoms with E-state index in [9.17, 15) is 19.2 Å². The number of hydrogen-bond acceptors (Lipinski definition) is 5. The molecule has 7 nitrogen and oxygen atoms in total. The summed E-state index contributed by atoms with van der Waals surface area (Å²) >= 11 is 0. The number of amides is 2. The number of ketones is 1. The normalized spacial score (nSPS) is 36.2. The predicted octanol–water partition coefficient (Wildman–Crippen LogP) is 10.5. The SMILES string of the molecule is C=C(C)[C@@H]1CC[C@]2(C(=O)NCCCCCCCCC(=O)NC(CC(=O)OC)c3ccccc3)CC[C@]3(C)[C@H](CC[C@@H]4[C@@]5(C)CCC(=O)C(C)(C)[C@@H]5CC[C@]43C)[C@@H]12. The zero-order chi connectivity index (χ0) is 40.5. The molecule has 5 saturated carbocycles. The number of fused-ring (bicyclic) bond motifs is 7. The fraction of sp³-hybridized carbons (Fsp3) is 0.755. The van der Waals surface area contributed by atoms with Gasteiger partial charge >= 0.3 is 5.97 Å². The first-order chi connectivity index (χ1) is 26.5. The monoisotopic (exact) mass is 771 g/mol. The number of rotatable bonds is 15. The summed E-state index contributed by atoms with van der Waals surface area (Å²) in [6, 6.07) is 9.19. The average molecular weight is 771 g/mol. The molecule has 310 valence electrons. The van der Waals surface area contributed by atoms with Gasteiger partial charge in [-0.1, -0.05) is 103 Å². The molecule has 2 amide bonds. The quantitative estimate of drug-likeness (QED) is 0.105. The molecular weight excluding hydrogens is 697 g/mol. The molecular formula is C49H74N2O5. The van der Waals surface area contributed by atoms with Crippen molar-refractivity contribution in [2.75, 3.05) is 13.7 Å². The van der Waals surface area contributed by atoms with Crippen LogP contribution < -0.4 is 10.6 Å². The highest BCUT2D eigenvalue weighted by Crippen LogP contribution is 2.77. The van der Waals surface area contributed by atoms with E-state index in [1.807, 2.05) is 30.3 Å². The Kier molecular flexibility index (Phi) is 12.7. The highest BCUT2D eigenvalue weighted by Gasteiger charge is 2.71. The van der Waals surface area contributed by atoms with Gasteiger partial charge in [-0.15, -0.1) is 0 Å². The standard InChI is InChI=1S/C49H74N2O5/c1-33(2)35-23-28-49(44(55)50-31-17-12-10-9-11-16-20-41(53)51-37(32-42(54)56-8)34-18-14-13-15-19-34)30-29-47(6)36(43(35)49)21-22-39-46(5)26-25-40(52)45(3,4)38(46)24-27-48(39,47)7/h13-15,18-19,35-39,43H,1,9-12,16-17,20-32H2,2-8H3,(H,50,55)(H,51,53)/t35-,36+,37?,38-,39+,43+,46-,47+,48+,49-/m0/s1. The van der Waals surface area contributed by atoms with Gasteiger partial charge in [0, 0.05) is 24.8 Å². The van der Waals surface area contributed by atoms with E-state index in [0.29, 0.717) is 47.7 Å². The number of carbonyl (C=O) groups excluding carboxylic acids is 4. The Balaban J connectivity index is 0.995. The van der Waals surface area contributed by atoms with Crippen molar-refractivity contribution in [1.29, 1.82) is 0 Å². The van der Waals surface area contributed by atoms with Crippen molar-refractivity contribution >= 4 is 23.6 Å². The molecule has 5 aliphatic carbocycles. The molecule has 0 heterocycles. The van der Waals surface area contributed by atoms with Gasteiger partial charge in [0.25, 0.3) is 0 Å². The molecule has 0 aliphatic heterocycles. The van der Waals surface area contributed by atoms with E-state index in [0.717, 1.165) is 95.6 Å². The third kappa shape index (κ3) is 7.56. The van der Waals surface area contributed by atoms with Crippen LogP contribution in [-0.2, 0) is 23.9 Å². The molecule has 0 saturated heterocycles. The van der Waals surface area contributed by atoms with Gasteiger partial charge in [0.15, 0.2) is 0 Å². The topological polar surface area (TPSA) is 102 Å². The van der Waals surface area contributed by atoms with Gasteiger partial charge < -0.3 is 15.4 Å². The third-order valence-electron chi connectivity index (χ3n) is 17.5. The van der Waals surface area contributed by atoms with E-state index in [-0.39, 0.29) is 51.4 Å². The third-order valence-corrected chi connectivity index (χ3v) is 17.5. The van der Waals surface area contributed by atoms with Gasteiger partial charge in [0.05, 0.1) is 25.0 Å². The first kappa shape index (κ1) is 42.6. The van der Waals surface area contributed by atoms with Crippen LogP contribution in [-0.4, -0.2) is 37.2 Å². The first-order valence-corrected chi connectivity index (χ1v) is 22.4. The Morgan fingerprint density at radius 3 is 2.21 bits per heavy atom. The number of esters is 1. The maximum atomic E-state index is 14.5. The predicted molar refractivity (Wildman–Crippen MR) is 223 cm³/mol. The zero-order valence-electron chi connectivity index (χ0n) is 36.0. The van der Waals surface area contributed by atoms with Crippen LogP contribution in [0.4, 0.5) is 0 Å². The lowest BCUT2D eigenvalue weighted by Crippen LogP contribution is -2.67. The molecule has 6 rings (SSSR count). The number of ether oxygens (including phenoxy) is 1. The molecule has 5 fully saturated rings. The number of hydrogen-bond donors (Lipinski definition) is 2. The molecule has 1 aromatic rings. The van der Waals surface area contributed by atoms with Crippen molar-refractivity contribution in [2.24, 2.45) is 56.7 Å². The molecule has 1 aromatic carbocycles. The lowest BCUT2D eigenvalue weighted by molar-refractivity contribution is -0.233. The summed E-state index contributed by atoms with van der Waals surface area (Å²) in [5.41, 5.74) is 2.21. The number of carbonyl (C=O) groups is 4. The molecule has 2 N–H and O–H groups in total. The van der Waals surface area contributed by atoms with Crippen LogP contribution in [0.1, 0.15) is 169 Å². The van der Waals surface area contributed by atoms with Crippen LogP contribution in [0.15, 0.2) is 42.5 Å². The largest absolute Gasteiger partial charge is 0.469 e. The van der Waals surface area contributed by atoms with Crippen molar-refractivity contribution in [3.05, 3.63) is 48.0 Å².